The molecule has 1 aromatic carbocycles. The SMILES string of the molecule is CN1CCN(c2ccc(CNC(=O)c3cccc(C(F)(F)F)c3)cn2)CC1. The average Bonchev–Trinajstić information content (AvgIpc) is 2.66. The van der Waals surface area contributed by atoms with Crippen LogP contribution in [0.15, 0.2) is 42.6 Å². The lowest BCUT2D eigenvalue weighted by molar-refractivity contribution is -0.137. The van der Waals surface area contributed by atoms with Crippen molar-refractivity contribution in [2.45, 2.75) is 12.7 Å². The van der Waals surface area contributed by atoms with Gasteiger partial charge in [-0.15, -0.1) is 0 Å². The average molecular weight is 378 g/mol. The number of nitrogens with one attached hydrogen (secondary N) is 1. The highest BCUT2D eigenvalue weighted by molar-refractivity contribution is 5.94. The van der Waals surface area contributed by atoms with Gasteiger partial charge in [0.05, 0.1) is 5.56 Å². The second kappa shape index (κ2) is 7.96. The number of anilines is 1. The number of amides is 1. The first-order valence-electron chi connectivity index (χ1n) is 8.67. The molecule has 5 nitrogen and oxygen atoms in total. The molecule has 1 aliphatic rings. The van der Waals surface area contributed by atoms with Gasteiger partial charge in [-0.25, -0.2) is 4.98 Å². The molecule has 1 N–H and O–H groups in total. The summed E-state index contributed by atoms with van der Waals surface area (Å²) in [6.07, 6.45) is -2.79. The number of aromatic nitrogens is 1. The van der Waals surface area contributed by atoms with Crippen LogP contribution in [0.4, 0.5) is 19.0 Å². The number of hydrogen-bond donors (Lipinski definition) is 1. The molecular formula is C19H21F3N4O. The van der Waals surface area contributed by atoms with E-state index in [2.05, 4.69) is 27.1 Å². The van der Waals surface area contributed by atoms with E-state index in [0.717, 1.165) is 49.7 Å². The molecule has 1 amide bonds. The van der Waals surface area contributed by atoms with Crippen LogP contribution >= 0.6 is 0 Å². The van der Waals surface area contributed by atoms with E-state index in [1.165, 1.54) is 12.1 Å². The maximum absolute atomic E-state index is 12.7. The molecule has 8 heteroatoms. The van der Waals surface area contributed by atoms with Crippen molar-refractivity contribution in [1.82, 2.24) is 15.2 Å². The summed E-state index contributed by atoms with van der Waals surface area (Å²) in [4.78, 5) is 21.0. The minimum atomic E-state index is -4.47. The molecule has 1 fully saturated rings. The summed E-state index contributed by atoms with van der Waals surface area (Å²) in [7, 11) is 2.08. The van der Waals surface area contributed by atoms with Crippen molar-refractivity contribution in [2.24, 2.45) is 0 Å². The highest BCUT2D eigenvalue weighted by Crippen LogP contribution is 2.29. The van der Waals surface area contributed by atoms with Crippen molar-refractivity contribution in [2.75, 3.05) is 38.1 Å². The first kappa shape index (κ1) is 19.2. The van der Waals surface area contributed by atoms with E-state index in [-0.39, 0.29) is 12.1 Å². The number of rotatable bonds is 4. The Bertz CT molecular complexity index is 784. The topological polar surface area (TPSA) is 48.5 Å². The molecule has 0 unspecified atom stereocenters. The molecule has 0 bridgehead atoms. The van der Waals surface area contributed by atoms with Gasteiger partial charge in [0.2, 0.25) is 0 Å². The van der Waals surface area contributed by atoms with Crippen LogP contribution in [-0.2, 0) is 12.7 Å². The fraction of sp³-hybridized carbons (Fsp3) is 0.368. The smallest absolute Gasteiger partial charge is 0.354 e. The summed E-state index contributed by atoms with van der Waals surface area (Å²) in [5, 5.41) is 2.63. The Hall–Kier alpha value is -2.61. The molecule has 0 atom stereocenters. The van der Waals surface area contributed by atoms with Crippen LogP contribution in [0.5, 0.6) is 0 Å². The lowest BCUT2D eigenvalue weighted by atomic mass is 10.1. The van der Waals surface area contributed by atoms with Crippen molar-refractivity contribution < 1.29 is 18.0 Å². The number of nitrogens with zero attached hydrogens (tertiary/aromatic N) is 3. The molecular weight excluding hydrogens is 357 g/mol. The number of carbonyl (C=O) groups is 1. The number of likely N-dealkylation sites (N-methyl/N-ethyl adjacent to an activating group) is 1. The van der Waals surface area contributed by atoms with Gasteiger partial charge >= 0.3 is 6.18 Å². The van der Waals surface area contributed by atoms with E-state index in [9.17, 15) is 18.0 Å². The number of alkyl halides is 3. The van der Waals surface area contributed by atoms with Gasteiger partial charge in [0.25, 0.3) is 5.91 Å². The summed E-state index contributed by atoms with van der Waals surface area (Å²) < 4.78 is 38.2. The molecule has 27 heavy (non-hydrogen) atoms. The highest BCUT2D eigenvalue weighted by Gasteiger charge is 2.30. The van der Waals surface area contributed by atoms with Gasteiger partial charge in [0.1, 0.15) is 5.82 Å². The van der Waals surface area contributed by atoms with E-state index in [4.69, 9.17) is 0 Å². The molecule has 144 valence electrons. The maximum atomic E-state index is 12.7. The molecule has 0 spiro atoms. The zero-order chi connectivity index (χ0) is 19.4. The maximum Gasteiger partial charge on any atom is 0.416 e. The van der Waals surface area contributed by atoms with Crippen LogP contribution in [0.3, 0.4) is 0 Å². The van der Waals surface area contributed by atoms with Gasteiger partial charge < -0.3 is 15.1 Å². The second-order valence-electron chi connectivity index (χ2n) is 6.58. The van der Waals surface area contributed by atoms with Crippen LogP contribution in [-0.4, -0.2) is 49.0 Å². The Labute approximate surface area is 155 Å². The summed E-state index contributed by atoms with van der Waals surface area (Å²) in [5.41, 5.74) is -0.0756. The van der Waals surface area contributed by atoms with Crippen molar-refractivity contribution in [3.63, 3.8) is 0 Å². The fourth-order valence-corrected chi connectivity index (χ4v) is 2.87. The molecule has 1 aromatic heterocycles. The van der Waals surface area contributed by atoms with E-state index in [1.807, 2.05) is 12.1 Å². The van der Waals surface area contributed by atoms with Crippen molar-refractivity contribution in [1.29, 1.82) is 0 Å². The number of benzene rings is 1. The largest absolute Gasteiger partial charge is 0.416 e. The normalized spacial score (nSPS) is 15.6. The quantitative estimate of drug-likeness (QED) is 0.889. The summed E-state index contributed by atoms with van der Waals surface area (Å²) in [6, 6.07) is 8.15. The highest BCUT2D eigenvalue weighted by atomic mass is 19.4. The van der Waals surface area contributed by atoms with E-state index in [1.54, 1.807) is 6.20 Å². The number of halogens is 3. The van der Waals surface area contributed by atoms with Crippen LogP contribution in [0, 0.1) is 0 Å². The number of pyridine rings is 1. The zero-order valence-corrected chi connectivity index (χ0v) is 15.0. The molecule has 0 radical (unpaired) electrons. The van der Waals surface area contributed by atoms with Crippen molar-refractivity contribution in [3.8, 4) is 0 Å². The molecule has 1 saturated heterocycles. The molecule has 1 aliphatic heterocycles. The number of hydrogen-bond acceptors (Lipinski definition) is 4. The Balaban J connectivity index is 1.58. The van der Waals surface area contributed by atoms with Gasteiger partial charge in [-0.05, 0) is 36.9 Å². The van der Waals surface area contributed by atoms with E-state index in [0.29, 0.717) is 0 Å². The second-order valence-corrected chi connectivity index (χ2v) is 6.58. The Morgan fingerprint density at radius 2 is 1.89 bits per heavy atom. The Morgan fingerprint density at radius 3 is 2.52 bits per heavy atom. The van der Waals surface area contributed by atoms with E-state index >= 15 is 0 Å². The van der Waals surface area contributed by atoms with Crippen LogP contribution in [0.1, 0.15) is 21.5 Å². The minimum Gasteiger partial charge on any atom is -0.354 e. The molecule has 2 aromatic rings. The van der Waals surface area contributed by atoms with Gasteiger partial charge in [-0.2, -0.15) is 13.2 Å². The third-order valence-corrected chi connectivity index (χ3v) is 4.54. The lowest BCUT2D eigenvalue weighted by Gasteiger charge is -2.33. The fourth-order valence-electron chi connectivity index (χ4n) is 2.87. The monoisotopic (exact) mass is 378 g/mol. The zero-order valence-electron chi connectivity index (χ0n) is 15.0. The number of carbonyl (C=O) groups excluding carboxylic acids is 1. The van der Waals surface area contributed by atoms with Gasteiger partial charge in [0.15, 0.2) is 0 Å². The Kier molecular flexibility index (Phi) is 5.65. The van der Waals surface area contributed by atoms with Gasteiger partial charge in [0, 0.05) is 44.5 Å². The predicted molar refractivity (Wildman–Crippen MR) is 96.6 cm³/mol. The lowest BCUT2D eigenvalue weighted by Crippen LogP contribution is -2.44. The van der Waals surface area contributed by atoms with Gasteiger partial charge in [-0.1, -0.05) is 12.1 Å². The summed E-state index contributed by atoms with van der Waals surface area (Å²) in [5.74, 6) is 0.334. The third kappa shape index (κ3) is 4.97. The molecule has 0 saturated carbocycles. The third-order valence-electron chi connectivity index (χ3n) is 4.54. The first-order valence-corrected chi connectivity index (χ1v) is 8.67. The van der Waals surface area contributed by atoms with Crippen molar-refractivity contribution >= 4 is 11.7 Å². The minimum absolute atomic E-state index is 0.0214. The summed E-state index contributed by atoms with van der Waals surface area (Å²) in [6.45, 7) is 3.99. The predicted octanol–water partition coefficient (Wildman–Crippen LogP) is 2.78. The molecule has 2 heterocycles. The van der Waals surface area contributed by atoms with Crippen LogP contribution in [0.25, 0.3) is 0 Å². The number of piperazine rings is 1. The summed E-state index contributed by atoms with van der Waals surface area (Å²) >= 11 is 0. The molecule has 3 rings (SSSR count). The Morgan fingerprint density at radius 1 is 1.15 bits per heavy atom. The van der Waals surface area contributed by atoms with Gasteiger partial charge in [-0.3, -0.25) is 4.79 Å². The van der Waals surface area contributed by atoms with E-state index < -0.39 is 17.6 Å². The first-order chi connectivity index (χ1) is 12.8. The molecule has 0 aliphatic carbocycles. The standard InChI is InChI=1S/C19H21F3N4O/c1-25-7-9-26(10-8-25)17-6-5-14(12-23-17)13-24-18(27)15-3-2-4-16(11-15)19(20,21)22/h2-6,11-12H,7-10,13H2,1H3,(H,24,27). The van der Waals surface area contributed by atoms with Crippen molar-refractivity contribution in [3.05, 3.63) is 59.3 Å². The van der Waals surface area contributed by atoms with Crippen LogP contribution in [0.2, 0.25) is 0 Å². The van der Waals surface area contributed by atoms with Crippen LogP contribution < -0.4 is 10.2 Å².